The number of oxime groups is 1. The van der Waals surface area contributed by atoms with Crippen molar-refractivity contribution in [3.8, 4) is 0 Å². The highest BCUT2D eigenvalue weighted by Gasteiger charge is 2.03. The van der Waals surface area contributed by atoms with Gasteiger partial charge in [-0.3, -0.25) is 0 Å². The van der Waals surface area contributed by atoms with E-state index in [0.29, 0.717) is 0 Å². The quantitative estimate of drug-likeness (QED) is 0.607. The summed E-state index contributed by atoms with van der Waals surface area (Å²) < 4.78 is 27.1. The predicted octanol–water partition coefficient (Wildman–Crippen LogP) is 4.28. The maximum absolute atomic E-state index is 13.3. The van der Waals surface area contributed by atoms with Crippen molar-refractivity contribution in [2.45, 2.75) is 6.61 Å². The molecule has 0 aromatic heterocycles. The average Bonchev–Trinajstić information content (AvgIpc) is 2.40. The van der Waals surface area contributed by atoms with Gasteiger partial charge in [0, 0.05) is 15.6 Å². The minimum Gasteiger partial charge on any atom is -0.391 e. The molecule has 0 radical (unpaired) electrons. The Morgan fingerprint density at radius 2 is 1.95 bits per heavy atom. The molecule has 0 N–H and O–H groups in total. The van der Waals surface area contributed by atoms with Crippen LogP contribution in [0.15, 0.2) is 52.1 Å². The van der Waals surface area contributed by atoms with Crippen molar-refractivity contribution < 1.29 is 13.6 Å². The van der Waals surface area contributed by atoms with Crippen molar-refractivity contribution >= 4 is 22.1 Å². The van der Waals surface area contributed by atoms with E-state index in [-0.39, 0.29) is 12.2 Å². The van der Waals surface area contributed by atoms with Gasteiger partial charge in [-0.05, 0) is 24.3 Å². The first-order chi connectivity index (χ1) is 9.16. The standard InChI is InChI=1S/C14H10BrF2NO/c15-13-4-2-1-3-10(13)8-18-19-9-11-7-12(16)5-6-14(11)17/h1-8H,9H2. The fourth-order valence-corrected chi connectivity index (χ4v) is 1.82. The van der Waals surface area contributed by atoms with Gasteiger partial charge < -0.3 is 4.84 Å². The van der Waals surface area contributed by atoms with Gasteiger partial charge in [0.15, 0.2) is 0 Å². The molecule has 0 aliphatic rings. The van der Waals surface area contributed by atoms with E-state index < -0.39 is 11.6 Å². The Morgan fingerprint density at radius 3 is 2.74 bits per heavy atom. The lowest BCUT2D eigenvalue weighted by Gasteiger charge is -2.02. The van der Waals surface area contributed by atoms with Crippen molar-refractivity contribution in [3.63, 3.8) is 0 Å². The molecular weight excluding hydrogens is 316 g/mol. The molecular formula is C14H10BrF2NO. The van der Waals surface area contributed by atoms with Gasteiger partial charge in [0.05, 0.1) is 6.21 Å². The summed E-state index contributed by atoms with van der Waals surface area (Å²) in [6.07, 6.45) is 1.50. The zero-order valence-electron chi connectivity index (χ0n) is 9.82. The average molecular weight is 326 g/mol. The molecule has 2 nitrogen and oxygen atoms in total. The summed E-state index contributed by atoms with van der Waals surface area (Å²) in [7, 11) is 0. The maximum Gasteiger partial charge on any atom is 0.145 e. The second kappa shape index (κ2) is 6.43. The molecule has 0 aliphatic carbocycles. The van der Waals surface area contributed by atoms with Crippen molar-refractivity contribution in [1.29, 1.82) is 0 Å². The minimum absolute atomic E-state index is 0.120. The summed E-state index contributed by atoms with van der Waals surface area (Å²) in [6.45, 7) is -0.120. The predicted molar refractivity (Wildman–Crippen MR) is 72.9 cm³/mol. The molecule has 0 aliphatic heterocycles. The highest BCUT2D eigenvalue weighted by atomic mass is 79.9. The van der Waals surface area contributed by atoms with Crippen molar-refractivity contribution in [2.75, 3.05) is 0 Å². The Kier molecular flexibility index (Phi) is 4.63. The lowest BCUT2D eigenvalue weighted by Crippen LogP contribution is -1.94. The zero-order valence-corrected chi connectivity index (χ0v) is 11.4. The third-order valence-electron chi connectivity index (χ3n) is 2.40. The van der Waals surface area contributed by atoms with E-state index in [1.54, 1.807) is 0 Å². The molecule has 0 atom stereocenters. The first-order valence-electron chi connectivity index (χ1n) is 5.50. The number of hydrogen-bond acceptors (Lipinski definition) is 2. The summed E-state index contributed by atoms with van der Waals surface area (Å²) in [5.41, 5.74) is 0.964. The summed E-state index contributed by atoms with van der Waals surface area (Å²) in [5.74, 6) is -1.02. The topological polar surface area (TPSA) is 21.6 Å². The third-order valence-corrected chi connectivity index (χ3v) is 3.12. The van der Waals surface area contributed by atoms with Crippen LogP contribution in [0.4, 0.5) is 8.78 Å². The zero-order chi connectivity index (χ0) is 13.7. The second-order valence-electron chi connectivity index (χ2n) is 3.77. The van der Waals surface area contributed by atoms with Crippen LogP contribution in [-0.2, 0) is 11.4 Å². The number of nitrogens with zero attached hydrogens (tertiary/aromatic N) is 1. The van der Waals surface area contributed by atoms with Gasteiger partial charge in [0.1, 0.15) is 18.2 Å². The largest absolute Gasteiger partial charge is 0.391 e. The van der Waals surface area contributed by atoms with E-state index >= 15 is 0 Å². The molecule has 0 saturated carbocycles. The number of hydrogen-bond donors (Lipinski definition) is 0. The Morgan fingerprint density at radius 1 is 1.16 bits per heavy atom. The second-order valence-corrected chi connectivity index (χ2v) is 4.62. The highest BCUT2D eigenvalue weighted by molar-refractivity contribution is 9.10. The first kappa shape index (κ1) is 13.7. The number of benzene rings is 2. The van der Waals surface area contributed by atoms with Gasteiger partial charge in [-0.25, -0.2) is 8.78 Å². The van der Waals surface area contributed by atoms with Crippen LogP contribution in [-0.4, -0.2) is 6.21 Å². The molecule has 0 heterocycles. The van der Waals surface area contributed by atoms with E-state index in [2.05, 4.69) is 21.1 Å². The SMILES string of the molecule is Fc1ccc(F)c(CON=Cc2ccccc2Br)c1. The van der Waals surface area contributed by atoms with Gasteiger partial charge in [-0.15, -0.1) is 0 Å². The summed E-state index contributed by atoms with van der Waals surface area (Å²) >= 11 is 3.36. The fraction of sp³-hybridized carbons (Fsp3) is 0.0714. The Labute approximate surface area is 117 Å². The Hall–Kier alpha value is -1.75. The highest BCUT2D eigenvalue weighted by Crippen LogP contribution is 2.14. The molecule has 0 amide bonds. The summed E-state index contributed by atoms with van der Waals surface area (Å²) in [5, 5.41) is 3.72. The molecule has 98 valence electrons. The van der Waals surface area contributed by atoms with E-state index in [9.17, 15) is 8.78 Å². The van der Waals surface area contributed by atoms with Gasteiger partial charge in [0.2, 0.25) is 0 Å². The molecule has 2 aromatic rings. The number of halogens is 3. The van der Waals surface area contributed by atoms with Gasteiger partial charge in [-0.1, -0.05) is 39.3 Å². The molecule has 0 spiro atoms. The molecule has 2 rings (SSSR count). The smallest absolute Gasteiger partial charge is 0.145 e. The van der Waals surface area contributed by atoms with Crippen molar-refractivity contribution in [2.24, 2.45) is 5.16 Å². The van der Waals surface area contributed by atoms with Crippen LogP contribution in [0.1, 0.15) is 11.1 Å². The lowest BCUT2D eigenvalue weighted by molar-refractivity contribution is 0.129. The molecule has 0 unspecified atom stereocenters. The van der Waals surface area contributed by atoms with Crippen LogP contribution < -0.4 is 0 Å². The van der Waals surface area contributed by atoms with Crippen LogP contribution in [0.3, 0.4) is 0 Å². The molecule has 5 heteroatoms. The van der Waals surface area contributed by atoms with Crippen LogP contribution in [0.5, 0.6) is 0 Å². The molecule has 0 saturated heterocycles. The Balaban J connectivity index is 1.97. The first-order valence-corrected chi connectivity index (χ1v) is 6.30. The Bertz CT molecular complexity index is 602. The summed E-state index contributed by atoms with van der Waals surface area (Å²) in [6, 6.07) is 10.7. The summed E-state index contributed by atoms with van der Waals surface area (Å²) in [4.78, 5) is 4.96. The van der Waals surface area contributed by atoms with Gasteiger partial charge in [0.25, 0.3) is 0 Å². The number of rotatable bonds is 4. The van der Waals surface area contributed by atoms with Crippen molar-refractivity contribution in [3.05, 3.63) is 69.7 Å². The van der Waals surface area contributed by atoms with Crippen LogP contribution in [0.25, 0.3) is 0 Å². The van der Waals surface area contributed by atoms with E-state index in [1.807, 2.05) is 24.3 Å². The molecule has 0 fully saturated rings. The van der Waals surface area contributed by atoms with Crippen LogP contribution in [0, 0.1) is 11.6 Å². The molecule has 19 heavy (non-hydrogen) atoms. The maximum atomic E-state index is 13.3. The van der Waals surface area contributed by atoms with Gasteiger partial charge in [-0.2, -0.15) is 0 Å². The monoisotopic (exact) mass is 325 g/mol. The minimum atomic E-state index is -0.516. The van der Waals surface area contributed by atoms with E-state index in [1.165, 1.54) is 6.21 Å². The molecule has 2 aromatic carbocycles. The fourth-order valence-electron chi connectivity index (χ4n) is 1.43. The lowest BCUT2D eigenvalue weighted by atomic mass is 10.2. The third kappa shape index (κ3) is 3.86. The van der Waals surface area contributed by atoms with Crippen LogP contribution >= 0.6 is 15.9 Å². The van der Waals surface area contributed by atoms with Crippen molar-refractivity contribution in [1.82, 2.24) is 0 Å². The van der Waals surface area contributed by atoms with Gasteiger partial charge >= 0.3 is 0 Å². The van der Waals surface area contributed by atoms with Crippen LogP contribution in [0.2, 0.25) is 0 Å². The van der Waals surface area contributed by atoms with E-state index in [0.717, 1.165) is 28.2 Å². The van der Waals surface area contributed by atoms with E-state index in [4.69, 9.17) is 4.84 Å². The normalized spacial score (nSPS) is 10.9. The molecule has 0 bridgehead atoms.